The number of carbonyl (C=O) groups is 3. The topological polar surface area (TPSA) is 95.9 Å². The number of halogens is 1. The minimum absolute atomic E-state index is 0.00569. The first-order valence-corrected chi connectivity index (χ1v) is 8.79. The molecule has 1 saturated heterocycles. The number of nitrogens with zero attached hydrogens (tertiary/aromatic N) is 1. The number of aliphatic carboxylic acids is 1. The third-order valence-corrected chi connectivity index (χ3v) is 4.25. The van der Waals surface area contributed by atoms with Gasteiger partial charge in [-0.1, -0.05) is 12.1 Å². The van der Waals surface area contributed by atoms with Gasteiger partial charge in [0.15, 0.2) is 0 Å². The van der Waals surface area contributed by atoms with Crippen molar-refractivity contribution in [3.05, 3.63) is 35.6 Å². The lowest BCUT2D eigenvalue weighted by atomic mass is 9.95. The van der Waals surface area contributed by atoms with Gasteiger partial charge in [-0.15, -0.1) is 0 Å². The summed E-state index contributed by atoms with van der Waals surface area (Å²) >= 11 is 0. The first-order valence-electron chi connectivity index (χ1n) is 8.79. The molecule has 1 aromatic rings. The van der Waals surface area contributed by atoms with Crippen LogP contribution in [0.3, 0.4) is 0 Å². The van der Waals surface area contributed by atoms with Crippen LogP contribution in [0.4, 0.5) is 9.18 Å². The fourth-order valence-corrected chi connectivity index (χ4v) is 2.91. The third kappa shape index (κ3) is 5.94. The van der Waals surface area contributed by atoms with Crippen LogP contribution >= 0.6 is 0 Å². The van der Waals surface area contributed by atoms with Gasteiger partial charge in [-0.3, -0.25) is 9.59 Å². The van der Waals surface area contributed by atoms with E-state index in [0.29, 0.717) is 13.0 Å². The monoisotopic (exact) mass is 380 g/mol. The van der Waals surface area contributed by atoms with E-state index in [0.717, 1.165) is 5.56 Å². The van der Waals surface area contributed by atoms with Gasteiger partial charge in [0.25, 0.3) is 0 Å². The number of likely N-dealkylation sites (tertiary alicyclic amines) is 1. The van der Waals surface area contributed by atoms with Gasteiger partial charge in [0.05, 0.1) is 11.8 Å². The van der Waals surface area contributed by atoms with Crippen molar-refractivity contribution in [2.45, 2.75) is 32.8 Å². The van der Waals surface area contributed by atoms with E-state index in [9.17, 15) is 23.9 Å². The molecule has 27 heavy (non-hydrogen) atoms. The number of nitrogens with one attached hydrogen (secondary N) is 1. The van der Waals surface area contributed by atoms with Gasteiger partial charge in [-0.25, -0.2) is 9.18 Å². The predicted molar refractivity (Wildman–Crippen MR) is 95.5 cm³/mol. The van der Waals surface area contributed by atoms with E-state index in [-0.39, 0.29) is 18.9 Å². The Balaban J connectivity index is 1.93. The Hall–Kier alpha value is -2.64. The number of carboxylic acids is 1. The van der Waals surface area contributed by atoms with Crippen molar-refractivity contribution in [1.29, 1.82) is 0 Å². The van der Waals surface area contributed by atoms with Crippen LogP contribution in [0.25, 0.3) is 0 Å². The first-order chi connectivity index (χ1) is 12.6. The molecule has 0 spiro atoms. The van der Waals surface area contributed by atoms with E-state index >= 15 is 0 Å². The number of amides is 2. The summed E-state index contributed by atoms with van der Waals surface area (Å²) in [6, 6.07) is 5.93. The van der Waals surface area contributed by atoms with Crippen LogP contribution in [-0.2, 0) is 20.7 Å². The fourth-order valence-electron chi connectivity index (χ4n) is 2.91. The average Bonchev–Trinajstić information content (AvgIpc) is 3.01. The Labute approximate surface area is 157 Å². The summed E-state index contributed by atoms with van der Waals surface area (Å²) in [6.07, 6.45) is -0.137. The summed E-state index contributed by atoms with van der Waals surface area (Å²) in [6.45, 7) is 5.37. The molecular formula is C19H25FN2O5. The second-order valence-electron chi connectivity index (χ2n) is 7.60. The van der Waals surface area contributed by atoms with Crippen LogP contribution in [0.15, 0.2) is 24.3 Å². The van der Waals surface area contributed by atoms with E-state index in [1.165, 1.54) is 17.0 Å². The summed E-state index contributed by atoms with van der Waals surface area (Å²) in [5.41, 5.74) is 0.152. The van der Waals surface area contributed by atoms with E-state index in [4.69, 9.17) is 4.74 Å². The molecule has 0 unspecified atom stereocenters. The zero-order valence-electron chi connectivity index (χ0n) is 15.7. The summed E-state index contributed by atoms with van der Waals surface area (Å²) < 4.78 is 18.2. The Morgan fingerprint density at radius 1 is 1.19 bits per heavy atom. The van der Waals surface area contributed by atoms with Crippen molar-refractivity contribution in [3.8, 4) is 0 Å². The molecule has 2 N–H and O–H groups in total. The van der Waals surface area contributed by atoms with Crippen LogP contribution in [0, 0.1) is 17.7 Å². The van der Waals surface area contributed by atoms with Crippen molar-refractivity contribution in [2.24, 2.45) is 11.8 Å². The largest absolute Gasteiger partial charge is 0.481 e. The van der Waals surface area contributed by atoms with Crippen molar-refractivity contribution < 1.29 is 28.6 Å². The number of benzene rings is 1. The number of carboxylic acid groups (broad SMARTS) is 1. The highest BCUT2D eigenvalue weighted by molar-refractivity contribution is 5.87. The SMILES string of the molecule is CC(C)(C)OC(=O)N1C[C@H](C(=O)O)[C@@H](C(=O)NCCc2ccc(F)cc2)C1. The van der Waals surface area contributed by atoms with Gasteiger partial charge in [-0.2, -0.15) is 0 Å². The standard InChI is InChI=1S/C19H25FN2O5/c1-19(2,3)27-18(26)22-10-14(15(11-22)17(24)25)16(23)21-9-8-12-4-6-13(20)7-5-12/h4-7,14-15H,8-11H2,1-3H3,(H,21,23)(H,24,25)/t14-,15-/m0/s1. The van der Waals surface area contributed by atoms with Crippen LogP contribution in [0.1, 0.15) is 26.3 Å². The molecule has 1 heterocycles. The van der Waals surface area contributed by atoms with E-state index in [1.807, 2.05) is 0 Å². The zero-order chi connectivity index (χ0) is 20.2. The van der Waals surface area contributed by atoms with E-state index in [2.05, 4.69) is 5.32 Å². The molecule has 1 fully saturated rings. The molecule has 0 aliphatic carbocycles. The summed E-state index contributed by atoms with van der Waals surface area (Å²) in [4.78, 5) is 37.4. The Morgan fingerprint density at radius 2 is 1.78 bits per heavy atom. The van der Waals surface area contributed by atoms with Crippen LogP contribution in [0.5, 0.6) is 0 Å². The second kappa shape index (κ2) is 8.37. The molecule has 2 rings (SSSR count). The minimum atomic E-state index is -1.13. The molecule has 2 amide bonds. The summed E-state index contributed by atoms with van der Waals surface area (Å²) in [7, 11) is 0. The van der Waals surface area contributed by atoms with Gasteiger partial charge in [-0.05, 0) is 44.9 Å². The van der Waals surface area contributed by atoms with Gasteiger partial charge < -0.3 is 20.1 Å². The molecule has 1 aromatic carbocycles. The molecule has 8 heteroatoms. The smallest absolute Gasteiger partial charge is 0.410 e. The van der Waals surface area contributed by atoms with Gasteiger partial charge >= 0.3 is 12.1 Å². The molecular weight excluding hydrogens is 355 g/mol. The molecule has 0 bridgehead atoms. The normalized spacial score (nSPS) is 19.6. The van der Waals surface area contributed by atoms with E-state index < -0.39 is 35.4 Å². The quantitative estimate of drug-likeness (QED) is 0.815. The number of hydrogen-bond donors (Lipinski definition) is 2. The van der Waals surface area contributed by atoms with Gasteiger partial charge in [0.1, 0.15) is 11.4 Å². The van der Waals surface area contributed by atoms with Crippen molar-refractivity contribution in [2.75, 3.05) is 19.6 Å². The molecule has 0 saturated carbocycles. The van der Waals surface area contributed by atoms with Crippen LogP contribution in [0.2, 0.25) is 0 Å². The van der Waals surface area contributed by atoms with Crippen molar-refractivity contribution in [1.82, 2.24) is 10.2 Å². The Bertz CT molecular complexity index is 699. The highest BCUT2D eigenvalue weighted by Crippen LogP contribution is 2.26. The molecule has 2 atom stereocenters. The molecule has 7 nitrogen and oxygen atoms in total. The summed E-state index contributed by atoms with van der Waals surface area (Å²) in [5.74, 6) is -3.71. The molecule has 1 aliphatic rings. The first kappa shape index (κ1) is 20.7. The lowest BCUT2D eigenvalue weighted by molar-refractivity contribution is -0.145. The lowest BCUT2D eigenvalue weighted by Crippen LogP contribution is -2.39. The number of carbonyl (C=O) groups excluding carboxylic acids is 2. The molecule has 1 aliphatic heterocycles. The average molecular weight is 380 g/mol. The maximum Gasteiger partial charge on any atom is 0.410 e. The van der Waals surface area contributed by atoms with Gasteiger partial charge in [0.2, 0.25) is 5.91 Å². The summed E-state index contributed by atoms with van der Waals surface area (Å²) in [5, 5.41) is 12.1. The lowest BCUT2D eigenvalue weighted by Gasteiger charge is -2.24. The minimum Gasteiger partial charge on any atom is -0.481 e. The van der Waals surface area contributed by atoms with Crippen LogP contribution < -0.4 is 5.32 Å². The van der Waals surface area contributed by atoms with Gasteiger partial charge in [0, 0.05) is 19.6 Å². The van der Waals surface area contributed by atoms with Crippen molar-refractivity contribution >= 4 is 18.0 Å². The Morgan fingerprint density at radius 3 is 2.33 bits per heavy atom. The molecule has 148 valence electrons. The highest BCUT2D eigenvalue weighted by atomic mass is 19.1. The number of ether oxygens (including phenoxy) is 1. The number of rotatable bonds is 5. The molecule has 0 aromatic heterocycles. The predicted octanol–water partition coefficient (Wildman–Crippen LogP) is 2.05. The fraction of sp³-hybridized carbons (Fsp3) is 0.526. The Kier molecular flexibility index (Phi) is 6.41. The van der Waals surface area contributed by atoms with E-state index in [1.54, 1.807) is 32.9 Å². The highest BCUT2D eigenvalue weighted by Gasteiger charge is 2.44. The number of hydrogen-bond acceptors (Lipinski definition) is 4. The second-order valence-corrected chi connectivity index (χ2v) is 7.60. The zero-order valence-corrected chi connectivity index (χ0v) is 15.7. The van der Waals surface area contributed by atoms with Crippen LogP contribution in [-0.4, -0.2) is 53.2 Å². The maximum atomic E-state index is 12.9. The van der Waals surface area contributed by atoms with Crippen molar-refractivity contribution in [3.63, 3.8) is 0 Å². The maximum absolute atomic E-state index is 12.9. The third-order valence-electron chi connectivity index (χ3n) is 4.25. The molecule has 0 radical (unpaired) electrons.